The summed E-state index contributed by atoms with van der Waals surface area (Å²) in [6.45, 7) is 2.32. The van der Waals surface area contributed by atoms with E-state index in [0.29, 0.717) is 0 Å². The Labute approximate surface area is 164 Å². The van der Waals surface area contributed by atoms with Crippen LogP contribution < -0.4 is 0 Å². The summed E-state index contributed by atoms with van der Waals surface area (Å²) in [5, 5.41) is 2.10. The van der Waals surface area contributed by atoms with Crippen molar-refractivity contribution in [1.29, 1.82) is 0 Å². The SMILES string of the molecule is CCS(c1ccccc1)(c1ccccc1)c1ccc2nc3sccn3c2c1. The van der Waals surface area contributed by atoms with Crippen molar-refractivity contribution in [2.45, 2.75) is 21.6 Å². The van der Waals surface area contributed by atoms with Crippen LogP contribution in [0, 0.1) is 0 Å². The van der Waals surface area contributed by atoms with Crippen molar-refractivity contribution in [3.63, 3.8) is 0 Å². The molecule has 5 aromatic rings. The zero-order valence-electron chi connectivity index (χ0n) is 15.1. The van der Waals surface area contributed by atoms with E-state index in [-0.39, 0.29) is 0 Å². The van der Waals surface area contributed by atoms with Gasteiger partial charge in [0.2, 0.25) is 0 Å². The predicted molar refractivity (Wildman–Crippen MR) is 116 cm³/mol. The van der Waals surface area contributed by atoms with Gasteiger partial charge in [-0.2, -0.15) is 10.0 Å². The topological polar surface area (TPSA) is 17.3 Å². The van der Waals surface area contributed by atoms with Gasteiger partial charge in [-0.25, -0.2) is 4.98 Å². The Kier molecular flexibility index (Phi) is 4.03. The molecule has 0 N–H and O–H groups in total. The largest absolute Gasteiger partial charge is 0.290 e. The summed E-state index contributed by atoms with van der Waals surface area (Å²) >= 11 is 1.68. The second-order valence-electron chi connectivity index (χ2n) is 6.47. The second-order valence-corrected chi connectivity index (χ2v) is 10.8. The van der Waals surface area contributed by atoms with Crippen molar-refractivity contribution in [3.05, 3.63) is 90.4 Å². The first-order valence-corrected chi connectivity index (χ1v) is 11.8. The highest BCUT2D eigenvalue weighted by Crippen LogP contribution is 2.68. The molecule has 0 unspecified atom stereocenters. The minimum atomic E-state index is -1.33. The average Bonchev–Trinajstić information content (AvgIpc) is 3.32. The normalized spacial score (nSPS) is 12.6. The van der Waals surface area contributed by atoms with E-state index in [1.807, 2.05) is 0 Å². The minimum Gasteiger partial charge on any atom is -0.290 e. The molecule has 134 valence electrons. The monoisotopic (exact) mass is 388 g/mol. The maximum absolute atomic E-state index is 4.76. The van der Waals surface area contributed by atoms with E-state index in [0.717, 1.165) is 16.2 Å². The van der Waals surface area contributed by atoms with Gasteiger partial charge in [-0.3, -0.25) is 4.40 Å². The average molecular weight is 389 g/mol. The molecule has 0 bridgehead atoms. The molecule has 0 aliphatic heterocycles. The standard InChI is InChI=1S/C23H20N2S2/c1-2-27(18-9-5-3-6-10-18,19-11-7-4-8-12-19)20-13-14-21-22(17-20)25-15-16-26-23(25)24-21/h3-17H,2H2,1H3. The van der Waals surface area contributed by atoms with Crippen LogP contribution in [-0.4, -0.2) is 15.1 Å². The molecule has 0 aliphatic rings. The van der Waals surface area contributed by atoms with E-state index in [4.69, 9.17) is 4.98 Å². The van der Waals surface area contributed by atoms with Crippen molar-refractivity contribution >= 4 is 37.4 Å². The highest BCUT2D eigenvalue weighted by atomic mass is 32.3. The molecule has 0 atom stereocenters. The molecule has 2 heterocycles. The van der Waals surface area contributed by atoms with Crippen molar-refractivity contribution in [2.75, 3.05) is 5.75 Å². The van der Waals surface area contributed by atoms with E-state index >= 15 is 0 Å². The number of aromatic nitrogens is 2. The molecule has 2 aromatic heterocycles. The summed E-state index contributed by atoms with van der Waals surface area (Å²) in [5.74, 6) is 1.07. The lowest BCUT2D eigenvalue weighted by atomic mass is 10.3. The van der Waals surface area contributed by atoms with E-state index in [9.17, 15) is 0 Å². The lowest BCUT2D eigenvalue weighted by Gasteiger charge is -2.40. The van der Waals surface area contributed by atoms with Gasteiger partial charge in [0.25, 0.3) is 0 Å². The molecule has 0 aliphatic carbocycles. The maximum Gasteiger partial charge on any atom is 0.194 e. The van der Waals surface area contributed by atoms with Crippen LogP contribution in [0.15, 0.2) is 105 Å². The summed E-state index contributed by atoms with van der Waals surface area (Å²) in [6, 6.07) is 28.8. The zero-order chi connectivity index (χ0) is 18.3. The van der Waals surface area contributed by atoms with Gasteiger partial charge in [0, 0.05) is 16.5 Å². The number of hydrogen-bond acceptors (Lipinski definition) is 2. The fourth-order valence-corrected chi connectivity index (χ4v) is 8.26. The van der Waals surface area contributed by atoms with Gasteiger partial charge in [-0.15, -0.1) is 11.3 Å². The fourth-order valence-electron chi connectivity index (χ4n) is 3.86. The molecule has 5 rings (SSSR count). The summed E-state index contributed by atoms with van der Waals surface area (Å²) in [5.41, 5.74) is 2.26. The Hall–Kier alpha value is -2.56. The Morgan fingerprint density at radius 1 is 0.852 bits per heavy atom. The Bertz CT molecular complexity index is 1170. The van der Waals surface area contributed by atoms with Crippen LogP contribution in [0.25, 0.3) is 16.0 Å². The van der Waals surface area contributed by atoms with Crippen LogP contribution in [0.4, 0.5) is 0 Å². The van der Waals surface area contributed by atoms with Crippen LogP contribution in [-0.2, 0) is 0 Å². The molecule has 0 spiro atoms. The van der Waals surface area contributed by atoms with Crippen LogP contribution in [0.5, 0.6) is 0 Å². The van der Waals surface area contributed by atoms with Gasteiger partial charge in [0.05, 0.1) is 11.0 Å². The maximum atomic E-state index is 4.76. The highest BCUT2D eigenvalue weighted by molar-refractivity contribution is 8.33. The number of hydrogen-bond donors (Lipinski definition) is 0. The second kappa shape index (κ2) is 6.55. The lowest BCUT2D eigenvalue weighted by molar-refractivity contribution is 1.24. The summed E-state index contributed by atoms with van der Waals surface area (Å²) in [6.07, 6.45) is 2.12. The van der Waals surface area contributed by atoms with Crippen LogP contribution >= 0.6 is 21.4 Å². The first-order valence-electron chi connectivity index (χ1n) is 9.09. The third kappa shape index (κ3) is 2.52. The van der Waals surface area contributed by atoms with Gasteiger partial charge in [-0.05, 0) is 58.0 Å². The van der Waals surface area contributed by atoms with Crippen molar-refractivity contribution in [2.24, 2.45) is 0 Å². The number of rotatable bonds is 4. The first-order chi connectivity index (χ1) is 13.3. The smallest absolute Gasteiger partial charge is 0.194 e. The summed E-state index contributed by atoms with van der Waals surface area (Å²) < 4.78 is 2.21. The quantitative estimate of drug-likeness (QED) is 0.329. The summed E-state index contributed by atoms with van der Waals surface area (Å²) in [4.78, 5) is 10.0. The van der Waals surface area contributed by atoms with Gasteiger partial charge >= 0.3 is 0 Å². The van der Waals surface area contributed by atoms with Gasteiger partial charge in [0.15, 0.2) is 4.96 Å². The zero-order valence-corrected chi connectivity index (χ0v) is 16.7. The van der Waals surface area contributed by atoms with E-state index in [1.54, 1.807) is 11.3 Å². The molecule has 0 radical (unpaired) electrons. The summed E-state index contributed by atoms with van der Waals surface area (Å²) in [7, 11) is -1.33. The Morgan fingerprint density at radius 3 is 2.15 bits per heavy atom. The molecule has 0 amide bonds. The molecule has 4 heteroatoms. The van der Waals surface area contributed by atoms with E-state index in [2.05, 4.69) is 102 Å². The number of fused-ring (bicyclic) bond motifs is 3. The van der Waals surface area contributed by atoms with Gasteiger partial charge in [0.1, 0.15) is 0 Å². The fraction of sp³-hybridized carbons (Fsp3) is 0.0870. The number of benzene rings is 3. The molecule has 0 saturated carbocycles. The van der Waals surface area contributed by atoms with Crippen molar-refractivity contribution in [1.82, 2.24) is 9.38 Å². The van der Waals surface area contributed by atoms with E-state index < -0.39 is 10.0 Å². The molecule has 27 heavy (non-hydrogen) atoms. The molecule has 0 saturated heterocycles. The number of thiazole rings is 1. The number of imidazole rings is 1. The molecule has 3 aromatic carbocycles. The van der Waals surface area contributed by atoms with Crippen molar-refractivity contribution < 1.29 is 0 Å². The Morgan fingerprint density at radius 2 is 1.52 bits per heavy atom. The van der Waals surface area contributed by atoms with Crippen LogP contribution in [0.1, 0.15) is 6.92 Å². The third-order valence-corrected chi connectivity index (χ3v) is 9.97. The van der Waals surface area contributed by atoms with Gasteiger partial charge in [-0.1, -0.05) is 43.3 Å². The molecular formula is C23H20N2S2. The third-order valence-electron chi connectivity index (χ3n) is 5.14. The Balaban J connectivity index is 1.83. The molecule has 2 nitrogen and oxygen atoms in total. The molecular weight excluding hydrogens is 368 g/mol. The highest BCUT2D eigenvalue weighted by Gasteiger charge is 2.29. The first kappa shape index (κ1) is 16.6. The van der Waals surface area contributed by atoms with Gasteiger partial charge < -0.3 is 0 Å². The van der Waals surface area contributed by atoms with Crippen molar-refractivity contribution in [3.8, 4) is 0 Å². The predicted octanol–water partition coefficient (Wildman–Crippen LogP) is 6.85. The minimum absolute atomic E-state index is 1.05. The van der Waals surface area contributed by atoms with Crippen LogP contribution in [0.2, 0.25) is 0 Å². The number of nitrogens with zero attached hydrogens (tertiary/aromatic N) is 2. The lowest BCUT2D eigenvalue weighted by Crippen LogP contribution is -2.06. The van der Waals surface area contributed by atoms with E-state index in [1.165, 1.54) is 20.2 Å². The van der Waals surface area contributed by atoms with Crippen LogP contribution in [0.3, 0.4) is 0 Å². The molecule has 0 fully saturated rings.